The van der Waals surface area contributed by atoms with Crippen LogP contribution >= 0.6 is 0 Å². The first-order chi connectivity index (χ1) is 9.20. The first kappa shape index (κ1) is 14.3. The fourth-order valence-corrected chi connectivity index (χ4v) is 2.93. The third-order valence-corrected chi connectivity index (χ3v) is 4.12. The highest BCUT2D eigenvalue weighted by molar-refractivity contribution is 5.79. The van der Waals surface area contributed by atoms with Gasteiger partial charge in [-0.3, -0.25) is 9.59 Å². The van der Waals surface area contributed by atoms with Crippen molar-refractivity contribution < 1.29 is 14.3 Å². The number of rotatable bonds is 4. The number of carbonyl (C=O) groups excluding carboxylic acids is 2. The molecule has 2 rings (SSSR count). The summed E-state index contributed by atoms with van der Waals surface area (Å²) in [6, 6.07) is 0.235. The zero-order valence-corrected chi connectivity index (χ0v) is 11.6. The number of hydrogen-bond acceptors (Lipinski definition) is 4. The number of esters is 1. The summed E-state index contributed by atoms with van der Waals surface area (Å²) in [5.74, 6) is 0.251. The molecule has 0 bridgehead atoms. The Balaban J connectivity index is 1.71. The molecule has 0 aromatic heterocycles. The van der Waals surface area contributed by atoms with Crippen molar-refractivity contribution >= 4 is 11.9 Å². The van der Waals surface area contributed by atoms with E-state index >= 15 is 0 Å². The van der Waals surface area contributed by atoms with Crippen LogP contribution in [-0.2, 0) is 14.3 Å². The molecule has 19 heavy (non-hydrogen) atoms. The lowest BCUT2D eigenvalue weighted by atomic mass is 9.86. The van der Waals surface area contributed by atoms with E-state index in [1.54, 1.807) is 0 Å². The van der Waals surface area contributed by atoms with Gasteiger partial charge in [-0.1, -0.05) is 0 Å². The first-order valence-electron chi connectivity index (χ1n) is 7.38. The highest BCUT2D eigenvalue weighted by Crippen LogP contribution is 2.25. The monoisotopic (exact) mass is 268 g/mol. The van der Waals surface area contributed by atoms with E-state index in [4.69, 9.17) is 4.74 Å². The minimum atomic E-state index is -0.0766. The van der Waals surface area contributed by atoms with Crippen LogP contribution in [0.4, 0.5) is 0 Å². The van der Waals surface area contributed by atoms with Crippen molar-refractivity contribution in [1.29, 1.82) is 0 Å². The summed E-state index contributed by atoms with van der Waals surface area (Å²) in [4.78, 5) is 23.6. The third kappa shape index (κ3) is 3.93. The summed E-state index contributed by atoms with van der Waals surface area (Å²) in [5, 5.41) is 6.33. The van der Waals surface area contributed by atoms with Crippen LogP contribution in [0.25, 0.3) is 0 Å². The second-order valence-corrected chi connectivity index (χ2v) is 5.50. The van der Waals surface area contributed by atoms with E-state index in [1.165, 1.54) is 0 Å². The van der Waals surface area contributed by atoms with Gasteiger partial charge in [-0.15, -0.1) is 0 Å². The van der Waals surface area contributed by atoms with E-state index < -0.39 is 0 Å². The fraction of sp³-hybridized carbons (Fsp3) is 0.857. The van der Waals surface area contributed by atoms with Gasteiger partial charge in [-0.05, 0) is 45.6 Å². The van der Waals surface area contributed by atoms with Gasteiger partial charge in [0.05, 0.1) is 18.4 Å². The SMILES string of the molecule is CCOC(=O)C1CCC(NC(=O)C2CCNC2)CC1. The Hall–Kier alpha value is -1.10. The lowest BCUT2D eigenvalue weighted by molar-refractivity contribution is -0.149. The summed E-state index contributed by atoms with van der Waals surface area (Å²) in [5.41, 5.74) is 0. The second-order valence-electron chi connectivity index (χ2n) is 5.50. The summed E-state index contributed by atoms with van der Waals surface area (Å²) in [6.07, 6.45) is 4.36. The summed E-state index contributed by atoms with van der Waals surface area (Å²) >= 11 is 0. The number of amides is 1. The van der Waals surface area contributed by atoms with Gasteiger partial charge in [0, 0.05) is 12.6 Å². The maximum atomic E-state index is 12.0. The Kier molecular flexibility index (Phi) is 5.19. The zero-order chi connectivity index (χ0) is 13.7. The average molecular weight is 268 g/mol. The fourth-order valence-electron chi connectivity index (χ4n) is 2.93. The van der Waals surface area contributed by atoms with Crippen LogP contribution in [0, 0.1) is 11.8 Å². The molecule has 2 aliphatic rings. The Labute approximate surface area is 114 Å². The molecule has 0 aromatic rings. The highest BCUT2D eigenvalue weighted by Gasteiger charge is 2.30. The maximum absolute atomic E-state index is 12.0. The van der Waals surface area contributed by atoms with Gasteiger partial charge in [0.1, 0.15) is 0 Å². The normalized spacial score (nSPS) is 30.9. The molecule has 108 valence electrons. The van der Waals surface area contributed by atoms with Crippen molar-refractivity contribution in [2.75, 3.05) is 19.7 Å². The van der Waals surface area contributed by atoms with Gasteiger partial charge in [0.25, 0.3) is 0 Å². The molecule has 1 aliphatic heterocycles. The molecule has 5 nitrogen and oxygen atoms in total. The van der Waals surface area contributed by atoms with E-state index in [1.807, 2.05) is 6.92 Å². The van der Waals surface area contributed by atoms with Crippen LogP contribution in [0.3, 0.4) is 0 Å². The van der Waals surface area contributed by atoms with Crippen LogP contribution < -0.4 is 10.6 Å². The lowest BCUT2D eigenvalue weighted by Crippen LogP contribution is -2.42. The van der Waals surface area contributed by atoms with Gasteiger partial charge in [0.2, 0.25) is 5.91 Å². The topological polar surface area (TPSA) is 67.4 Å². The number of carbonyl (C=O) groups is 2. The molecule has 5 heteroatoms. The molecule has 1 saturated heterocycles. The molecule has 1 unspecified atom stereocenters. The lowest BCUT2D eigenvalue weighted by Gasteiger charge is -2.28. The Morgan fingerprint density at radius 3 is 2.47 bits per heavy atom. The van der Waals surface area contributed by atoms with E-state index in [0.717, 1.165) is 45.2 Å². The van der Waals surface area contributed by atoms with Crippen molar-refractivity contribution in [3.8, 4) is 0 Å². The molecule has 0 spiro atoms. The smallest absolute Gasteiger partial charge is 0.308 e. The molecule has 1 amide bonds. The summed E-state index contributed by atoms with van der Waals surface area (Å²) < 4.78 is 5.04. The van der Waals surface area contributed by atoms with Gasteiger partial charge in [-0.2, -0.15) is 0 Å². The third-order valence-electron chi connectivity index (χ3n) is 4.12. The summed E-state index contributed by atoms with van der Waals surface area (Å²) in [7, 11) is 0. The van der Waals surface area contributed by atoms with Crippen molar-refractivity contribution in [3.63, 3.8) is 0 Å². The molecule has 2 N–H and O–H groups in total. The molecule has 1 aliphatic carbocycles. The number of hydrogen-bond donors (Lipinski definition) is 2. The summed E-state index contributed by atoms with van der Waals surface area (Å²) in [6.45, 7) is 4.02. The predicted molar refractivity (Wildman–Crippen MR) is 71.5 cm³/mol. The predicted octanol–water partition coefficient (Wildman–Crippen LogP) is 0.834. The number of ether oxygens (including phenoxy) is 1. The van der Waals surface area contributed by atoms with E-state index in [2.05, 4.69) is 10.6 Å². The van der Waals surface area contributed by atoms with Crippen LogP contribution in [0.2, 0.25) is 0 Å². The maximum Gasteiger partial charge on any atom is 0.308 e. The minimum absolute atomic E-state index is 0.0289. The Morgan fingerprint density at radius 1 is 1.16 bits per heavy atom. The Morgan fingerprint density at radius 2 is 1.89 bits per heavy atom. The Bertz CT molecular complexity index is 319. The molecule has 0 radical (unpaired) electrons. The van der Waals surface area contributed by atoms with Crippen LogP contribution in [-0.4, -0.2) is 37.6 Å². The van der Waals surface area contributed by atoms with E-state index in [-0.39, 0.29) is 29.8 Å². The quantitative estimate of drug-likeness (QED) is 0.741. The zero-order valence-electron chi connectivity index (χ0n) is 11.6. The highest BCUT2D eigenvalue weighted by atomic mass is 16.5. The average Bonchev–Trinajstić information content (AvgIpc) is 2.94. The van der Waals surface area contributed by atoms with E-state index in [0.29, 0.717) is 6.61 Å². The molecule has 1 saturated carbocycles. The molecule has 1 atom stereocenters. The van der Waals surface area contributed by atoms with Crippen LogP contribution in [0.1, 0.15) is 39.0 Å². The van der Waals surface area contributed by atoms with E-state index in [9.17, 15) is 9.59 Å². The minimum Gasteiger partial charge on any atom is -0.466 e. The molecule has 2 fully saturated rings. The van der Waals surface area contributed by atoms with Crippen molar-refractivity contribution in [3.05, 3.63) is 0 Å². The van der Waals surface area contributed by atoms with Crippen LogP contribution in [0.15, 0.2) is 0 Å². The molecular formula is C14H24N2O3. The molecule has 0 aromatic carbocycles. The second kappa shape index (κ2) is 6.89. The van der Waals surface area contributed by atoms with Gasteiger partial charge in [0.15, 0.2) is 0 Å². The first-order valence-corrected chi connectivity index (χ1v) is 7.38. The van der Waals surface area contributed by atoms with Gasteiger partial charge >= 0.3 is 5.97 Å². The molecule has 1 heterocycles. The largest absolute Gasteiger partial charge is 0.466 e. The van der Waals surface area contributed by atoms with Crippen molar-refractivity contribution in [2.45, 2.75) is 45.1 Å². The number of nitrogens with one attached hydrogen (secondary N) is 2. The van der Waals surface area contributed by atoms with Crippen molar-refractivity contribution in [1.82, 2.24) is 10.6 Å². The van der Waals surface area contributed by atoms with Gasteiger partial charge < -0.3 is 15.4 Å². The van der Waals surface area contributed by atoms with Crippen LogP contribution in [0.5, 0.6) is 0 Å². The molecular weight excluding hydrogens is 244 g/mol. The standard InChI is InChI=1S/C14H24N2O3/c1-2-19-14(18)10-3-5-12(6-4-10)16-13(17)11-7-8-15-9-11/h10-12,15H,2-9H2,1H3,(H,16,17). The van der Waals surface area contributed by atoms with Crippen molar-refractivity contribution in [2.24, 2.45) is 11.8 Å². The van der Waals surface area contributed by atoms with Gasteiger partial charge in [-0.25, -0.2) is 0 Å².